The van der Waals surface area contributed by atoms with Crippen LogP contribution in [0.4, 0.5) is 10.1 Å². The molecule has 2 aromatic rings. The standard InChI is InChI=1S/C19H21FN4O3S/c1-2-18(22-25)19(15-4-3-9-21-14-15)28(26,27)24-12-10-23(11-13-24)17-7-5-16(20)6-8-17/h1,3-9,14,18-19,22,25H,10-13H2. The molecule has 1 aliphatic rings. The summed E-state index contributed by atoms with van der Waals surface area (Å²) in [5.41, 5.74) is 3.15. The highest BCUT2D eigenvalue weighted by Crippen LogP contribution is 2.30. The Hall–Kier alpha value is -2.51. The zero-order valence-corrected chi connectivity index (χ0v) is 15.9. The molecule has 28 heavy (non-hydrogen) atoms. The Morgan fingerprint density at radius 3 is 2.39 bits per heavy atom. The molecule has 2 N–H and O–H groups in total. The first-order valence-corrected chi connectivity index (χ1v) is 10.2. The number of nitrogens with zero attached hydrogens (tertiary/aromatic N) is 3. The Labute approximate surface area is 163 Å². The lowest BCUT2D eigenvalue weighted by atomic mass is 10.1. The third-order valence-corrected chi connectivity index (χ3v) is 7.02. The molecule has 9 heteroatoms. The van der Waals surface area contributed by atoms with Crippen molar-refractivity contribution in [3.63, 3.8) is 0 Å². The maximum absolute atomic E-state index is 13.3. The Balaban J connectivity index is 1.81. The molecule has 0 bridgehead atoms. The van der Waals surface area contributed by atoms with Gasteiger partial charge in [-0.3, -0.25) is 4.98 Å². The van der Waals surface area contributed by atoms with Crippen LogP contribution >= 0.6 is 0 Å². The molecular formula is C19H21FN4O3S. The second kappa shape index (κ2) is 8.67. The first-order valence-electron chi connectivity index (χ1n) is 8.72. The second-order valence-corrected chi connectivity index (χ2v) is 8.44. The summed E-state index contributed by atoms with van der Waals surface area (Å²) in [6.07, 6.45) is 8.41. The first kappa shape index (κ1) is 20.2. The average Bonchev–Trinajstić information content (AvgIpc) is 2.73. The monoisotopic (exact) mass is 404 g/mol. The number of nitrogens with one attached hydrogen (secondary N) is 1. The molecule has 1 aromatic carbocycles. The van der Waals surface area contributed by atoms with Gasteiger partial charge in [0.2, 0.25) is 10.0 Å². The summed E-state index contributed by atoms with van der Waals surface area (Å²) in [6, 6.07) is 8.21. The molecule has 1 aliphatic heterocycles. The third kappa shape index (κ3) is 4.15. The predicted molar refractivity (Wildman–Crippen MR) is 104 cm³/mol. The average molecular weight is 404 g/mol. The number of anilines is 1. The van der Waals surface area contributed by atoms with Gasteiger partial charge in [-0.05, 0) is 35.9 Å². The van der Waals surface area contributed by atoms with E-state index in [0.717, 1.165) is 5.69 Å². The summed E-state index contributed by atoms with van der Waals surface area (Å²) in [6.45, 7) is 1.41. The van der Waals surface area contributed by atoms with E-state index in [1.807, 2.05) is 10.4 Å². The summed E-state index contributed by atoms with van der Waals surface area (Å²) >= 11 is 0. The number of rotatable bonds is 6. The van der Waals surface area contributed by atoms with Crippen molar-refractivity contribution in [3.8, 4) is 12.3 Å². The highest BCUT2D eigenvalue weighted by Gasteiger charge is 2.40. The lowest BCUT2D eigenvalue weighted by Crippen LogP contribution is -2.52. The minimum atomic E-state index is -3.87. The van der Waals surface area contributed by atoms with Gasteiger partial charge in [0, 0.05) is 44.3 Å². The number of sulfonamides is 1. The van der Waals surface area contributed by atoms with Gasteiger partial charge in [0.05, 0.1) is 0 Å². The molecule has 0 spiro atoms. The second-order valence-electron chi connectivity index (χ2n) is 6.39. The third-order valence-electron chi connectivity index (χ3n) is 4.75. The van der Waals surface area contributed by atoms with Gasteiger partial charge in [0.25, 0.3) is 0 Å². The van der Waals surface area contributed by atoms with Gasteiger partial charge in [-0.15, -0.1) is 6.42 Å². The van der Waals surface area contributed by atoms with E-state index in [-0.39, 0.29) is 18.9 Å². The summed E-state index contributed by atoms with van der Waals surface area (Å²) in [7, 11) is -3.87. The van der Waals surface area contributed by atoms with Gasteiger partial charge < -0.3 is 10.1 Å². The topological polar surface area (TPSA) is 85.8 Å². The van der Waals surface area contributed by atoms with Crippen molar-refractivity contribution in [2.45, 2.75) is 11.3 Å². The molecule has 2 heterocycles. The van der Waals surface area contributed by atoms with Crippen molar-refractivity contribution in [2.75, 3.05) is 31.1 Å². The van der Waals surface area contributed by atoms with E-state index >= 15 is 0 Å². The number of hydrogen-bond acceptors (Lipinski definition) is 6. The van der Waals surface area contributed by atoms with Crippen LogP contribution in [0.5, 0.6) is 0 Å². The van der Waals surface area contributed by atoms with Crippen LogP contribution in [0.25, 0.3) is 0 Å². The quantitative estimate of drug-likeness (QED) is 0.559. The van der Waals surface area contributed by atoms with E-state index in [1.54, 1.807) is 24.3 Å². The number of hydrogen-bond donors (Lipinski definition) is 2. The largest absolute Gasteiger partial charge is 0.369 e. The fraction of sp³-hybridized carbons (Fsp3) is 0.316. The van der Waals surface area contributed by atoms with Gasteiger partial charge >= 0.3 is 0 Å². The van der Waals surface area contributed by atoms with Gasteiger partial charge in [-0.1, -0.05) is 12.0 Å². The number of pyridine rings is 1. The minimum absolute atomic E-state index is 0.249. The van der Waals surface area contributed by atoms with E-state index < -0.39 is 21.3 Å². The lowest BCUT2D eigenvalue weighted by molar-refractivity contribution is 0.143. The van der Waals surface area contributed by atoms with Gasteiger partial charge in [0.15, 0.2) is 0 Å². The van der Waals surface area contributed by atoms with E-state index in [0.29, 0.717) is 18.7 Å². The maximum atomic E-state index is 13.3. The van der Waals surface area contributed by atoms with Crippen LogP contribution in [0.3, 0.4) is 0 Å². The molecule has 1 aromatic heterocycles. The van der Waals surface area contributed by atoms with Crippen molar-refractivity contribution in [3.05, 3.63) is 60.2 Å². The summed E-state index contributed by atoms with van der Waals surface area (Å²) < 4.78 is 41.1. The van der Waals surface area contributed by atoms with Crippen LogP contribution < -0.4 is 10.4 Å². The van der Waals surface area contributed by atoms with E-state index in [2.05, 4.69) is 10.9 Å². The van der Waals surface area contributed by atoms with Crippen molar-refractivity contribution >= 4 is 15.7 Å². The Morgan fingerprint density at radius 2 is 1.86 bits per heavy atom. The van der Waals surface area contributed by atoms with E-state index in [4.69, 9.17) is 6.42 Å². The fourth-order valence-corrected chi connectivity index (χ4v) is 5.25. The molecule has 1 saturated heterocycles. The molecule has 2 atom stereocenters. The first-order chi connectivity index (χ1) is 13.5. The molecular weight excluding hydrogens is 383 g/mol. The Bertz CT molecular complexity index is 924. The van der Waals surface area contributed by atoms with Crippen LogP contribution in [0.1, 0.15) is 10.8 Å². The number of hydroxylamine groups is 1. The van der Waals surface area contributed by atoms with Crippen LogP contribution in [-0.4, -0.2) is 55.1 Å². The van der Waals surface area contributed by atoms with E-state index in [9.17, 15) is 18.0 Å². The van der Waals surface area contributed by atoms with Crippen LogP contribution in [-0.2, 0) is 10.0 Å². The molecule has 0 aliphatic carbocycles. The normalized spacial score (nSPS) is 17.7. The molecule has 2 unspecified atom stereocenters. The zero-order chi connectivity index (χ0) is 20.1. The molecule has 0 amide bonds. The summed E-state index contributed by atoms with van der Waals surface area (Å²) in [5, 5.41) is 8.23. The Morgan fingerprint density at radius 1 is 1.18 bits per heavy atom. The van der Waals surface area contributed by atoms with Crippen molar-refractivity contribution in [1.29, 1.82) is 0 Å². The van der Waals surface area contributed by atoms with Gasteiger partial charge in [-0.25, -0.2) is 12.8 Å². The van der Waals surface area contributed by atoms with Gasteiger partial charge in [0.1, 0.15) is 17.1 Å². The van der Waals surface area contributed by atoms with Crippen LogP contribution in [0.15, 0.2) is 48.8 Å². The van der Waals surface area contributed by atoms with Crippen molar-refractivity contribution < 1.29 is 18.0 Å². The zero-order valence-electron chi connectivity index (χ0n) is 15.1. The molecule has 0 radical (unpaired) electrons. The molecule has 7 nitrogen and oxygen atoms in total. The highest BCUT2D eigenvalue weighted by molar-refractivity contribution is 7.89. The van der Waals surface area contributed by atoms with Crippen LogP contribution in [0, 0.1) is 18.2 Å². The summed E-state index contributed by atoms with van der Waals surface area (Å²) in [4.78, 5) is 5.97. The molecule has 1 fully saturated rings. The summed E-state index contributed by atoms with van der Waals surface area (Å²) in [5.74, 6) is 1.98. The van der Waals surface area contributed by atoms with Crippen molar-refractivity contribution in [2.24, 2.45) is 0 Å². The number of terminal acetylenes is 1. The number of halogens is 1. The molecule has 148 valence electrons. The lowest BCUT2D eigenvalue weighted by Gasteiger charge is -2.37. The smallest absolute Gasteiger partial charge is 0.223 e. The van der Waals surface area contributed by atoms with Gasteiger partial charge in [-0.2, -0.15) is 9.79 Å². The van der Waals surface area contributed by atoms with Crippen LogP contribution in [0.2, 0.25) is 0 Å². The molecule has 3 rings (SSSR count). The predicted octanol–water partition coefficient (Wildman–Crippen LogP) is 1.39. The number of aromatic nitrogens is 1. The maximum Gasteiger partial charge on any atom is 0.223 e. The number of benzene rings is 1. The SMILES string of the molecule is C#CC(NO)C(c1cccnc1)S(=O)(=O)N1CCN(c2ccc(F)cc2)CC1. The highest BCUT2D eigenvalue weighted by atomic mass is 32.2. The van der Waals surface area contributed by atoms with Crippen molar-refractivity contribution in [1.82, 2.24) is 14.8 Å². The minimum Gasteiger partial charge on any atom is -0.369 e. The Kier molecular flexibility index (Phi) is 6.26. The van der Waals surface area contributed by atoms with E-state index in [1.165, 1.54) is 28.8 Å². The fourth-order valence-electron chi connectivity index (χ4n) is 3.29. The number of piperazine rings is 1. The molecule has 0 saturated carbocycles.